The second kappa shape index (κ2) is 8.48. The molecule has 0 saturated heterocycles. The number of methoxy groups -OCH3 is 1. The van der Waals surface area contributed by atoms with Crippen molar-refractivity contribution in [1.82, 2.24) is 4.72 Å². The van der Waals surface area contributed by atoms with Gasteiger partial charge in [-0.2, -0.15) is 0 Å². The van der Waals surface area contributed by atoms with Crippen LogP contribution in [0.2, 0.25) is 0 Å². The molecule has 0 bridgehead atoms. The maximum absolute atomic E-state index is 12.1. The average molecular weight is 439 g/mol. The van der Waals surface area contributed by atoms with Crippen LogP contribution in [0.3, 0.4) is 0 Å². The fourth-order valence-electron chi connectivity index (χ4n) is 2.23. The number of hydrogen-bond donors (Lipinski definition) is 2. The summed E-state index contributed by atoms with van der Waals surface area (Å²) in [5, 5.41) is 2.78. The first-order valence-electron chi connectivity index (χ1n) is 7.63. The molecule has 0 unspecified atom stereocenters. The molecule has 2 aromatic rings. The van der Waals surface area contributed by atoms with Crippen molar-refractivity contribution in [2.24, 2.45) is 0 Å². The van der Waals surface area contributed by atoms with E-state index >= 15 is 0 Å². The van der Waals surface area contributed by atoms with E-state index in [-0.39, 0.29) is 16.6 Å². The number of carbonyl (C=O) groups excluding carboxylic acids is 1. The Morgan fingerprint density at radius 2 is 1.92 bits per heavy atom. The summed E-state index contributed by atoms with van der Waals surface area (Å²) in [5.74, 6) is -0.0873. The van der Waals surface area contributed by atoms with E-state index in [1.54, 1.807) is 18.2 Å². The third kappa shape index (κ3) is 4.94. The molecule has 2 rings (SSSR count). The minimum absolute atomic E-state index is 0.00816. The van der Waals surface area contributed by atoms with Crippen LogP contribution < -0.4 is 14.8 Å². The third-order valence-electron chi connectivity index (χ3n) is 3.62. The molecule has 1 amide bonds. The zero-order valence-electron chi connectivity index (χ0n) is 14.5. The molecule has 0 aliphatic rings. The van der Waals surface area contributed by atoms with Gasteiger partial charge in [0.15, 0.2) is 0 Å². The summed E-state index contributed by atoms with van der Waals surface area (Å²) in [6, 6.07) is 10.2. The molecule has 138 valence electrons. The van der Waals surface area contributed by atoms with Crippen molar-refractivity contribution >= 4 is 43.6 Å². The number of aryl methyl sites for hydroxylation is 1. The number of ether oxygens (including phenoxy) is 1. The Labute approximate surface area is 161 Å². The quantitative estimate of drug-likeness (QED) is 0.677. The van der Waals surface area contributed by atoms with Crippen LogP contribution >= 0.6 is 15.9 Å². The van der Waals surface area contributed by atoms with Gasteiger partial charge in [0.05, 0.1) is 7.11 Å². The van der Waals surface area contributed by atoms with Crippen LogP contribution in [-0.4, -0.2) is 28.5 Å². The van der Waals surface area contributed by atoms with E-state index < -0.39 is 10.0 Å². The summed E-state index contributed by atoms with van der Waals surface area (Å²) in [5.41, 5.74) is 2.19. The lowest BCUT2D eigenvalue weighted by atomic mass is 10.2. The van der Waals surface area contributed by atoms with Gasteiger partial charge in [0, 0.05) is 16.2 Å². The maximum atomic E-state index is 12.1. The normalized spacial score (nSPS) is 11.5. The first-order valence-corrected chi connectivity index (χ1v) is 9.91. The van der Waals surface area contributed by atoms with Gasteiger partial charge in [0.25, 0.3) is 0 Å². The zero-order chi connectivity index (χ0) is 19.3. The molecule has 0 saturated carbocycles. The van der Waals surface area contributed by atoms with Gasteiger partial charge in [-0.25, -0.2) is 13.1 Å². The molecule has 6 nitrogen and oxygen atoms in total. The Balaban J connectivity index is 2.22. The van der Waals surface area contributed by atoms with Crippen LogP contribution in [0.5, 0.6) is 5.75 Å². The number of anilines is 1. The van der Waals surface area contributed by atoms with E-state index in [0.29, 0.717) is 11.3 Å². The average Bonchev–Trinajstić information content (AvgIpc) is 2.62. The largest absolute Gasteiger partial charge is 0.495 e. The number of halogens is 1. The number of nitrogens with one attached hydrogen (secondary N) is 2. The standard InChI is InChI=1S/C18H19BrN2O4S/c1-12-10-14(19)6-7-15(12)21-18(22)9-5-13-4-8-16(25-3)17(11-13)26(23,24)20-2/h4-11,20H,1-3H3,(H,21,22)/b9-5+. The molecular weight excluding hydrogens is 420 g/mol. The van der Waals surface area contributed by atoms with E-state index in [2.05, 4.69) is 26.0 Å². The lowest BCUT2D eigenvalue weighted by Gasteiger charge is -2.09. The molecule has 0 spiro atoms. The van der Waals surface area contributed by atoms with Crippen LogP contribution in [-0.2, 0) is 14.8 Å². The third-order valence-corrected chi connectivity index (χ3v) is 5.55. The minimum Gasteiger partial charge on any atom is -0.495 e. The van der Waals surface area contributed by atoms with Gasteiger partial charge in [-0.3, -0.25) is 4.79 Å². The van der Waals surface area contributed by atoms with Gasteiger partial charge < -0.3 is 10.1 Å². The summed E-state index contributed by atoms with van der Waals surface area (Å²) in [7, 11) is -0.953. The van der Waals surface area contributed by atoms with E-state index in [1.165, 1.54) is 32.4 Å². The molecule has 0 atom stereocenters. The van der Waals surface area contributed by atoms with E-state index in [1.807, 2.05) is 19.1 Å². The SMILES string of the molecule is CNS(=O)(=O)c1cc(/C=C/C(=O)Nc2ccc(Br)cc2C)ccc1OC. The van der Waals surface area contributed by atoms with Gasteiger partial charge in [-0.05, 0) is 61.5 Å². The fourth-order valence-corrected chi connectivity index (χ4v) is 3.63. The number of amides is 1. The van der Waals surface area contributed by atoms with Gasteiger partial charge >= 0.3 is 0 Å². The lowest BCUT2D eigenvalue weighted by molar-refractivity contribution is -0.111. The number of carbonyl (C=O) groups is 1. The van der Waals surface area contributed by atoms with Crippen LogP contribution in [0.4, 0.5) is 5.69 Å². The predicted molar refractivity (Wildman–Crippen MR) is 106 cm³/mol. The summed E-state index contributed by atoms with van der Waals surface area (Å²) in [6.07, 6.45) is 2.89. The van der Waals surface area contributed by atoms with Gasteiger partial charge in [0.2, 0.25) is 15.9 Å². The molecular formula is C18H19BrN2O4S. The molecule has 2 aromatic carbocycles. The maximum Gasteiger partial charge on any atom is 0.248 e. The van der Waals surface area contributed by atoms with Gasteiger partial charge in [-0.1, -0.05) is 22.0 Å². The van der Waals surface area contributed by atoms with E-state index in [4.69, 9.17) is 4.74 Å². The molecule has 26 heavy (non-hydrogen) atoms. The van der Waals surface area contributed by atoms with Crippen molar-refractivity contribution in [3.63, 3.8) is 0 Å². The minimum atomic E-state index is -3.67. The number of hydrogen-bond acceptors (Lipinski definition) is 4. The number of rotatable bonds is 6. The highest BCUT2D eigenvalue weighted by molar-refractivity contribution is 9.10. The summed E-state index contributed by atoms with van der Waals surface area (Å²) in [6.45, 7) is 1.89. The predicted octanol–water partition coefficient (Wildman–Crippen LogP) is 3.33. The molecule has 0 aliphatic heterocycles. The van der Waals surface area contributed by atoms with Crippen molar-refractivity contribution in [1.29, 1.82) is 0 Å². The zero-order valence-corrected chi connectivity index (χ0v) is 16.9. The van der Waals surface area contributed by atoms with Crippen molar-refractivity contribution in [3.8, 4) is 5.75 Å². The summed E-state index contributed by atoms with van der Waals surface area (Å²) < 4.78 is 32.4. The van der Waals surface area contributed by atoms with Gasteiger partial charge in [0.1, 0.15) is 10.6 Å². The lowest BCUT2D eigenvalue weighted by Crippen LogP contribution is -2.19. The second-order valence-corrected chi connectivity index (χ2v) is 8.17. The summed E-state index contributed by atoms with van der Waals surface area (Å²) >= 11 is 3.37. The molecule has 8 heteroatoms. The highest BCUT2D eigenvalue weighted by Gasteiger charge is 2.17. The van der Waals surface area contributed by atoms with E-state index in [0.717, 1.165) is 10.0 Å². The smallest absolute Gasteiger partial charge is 0.248 e. The molecule has 2 N–H and O–H groups in total. The van der Waals surface area contributed by atoms with Crippen LogP contribution in [0.15, 0.2) is 51.8 Å². The van der Waals surface area contributed by atoms with Crippen molar-refractivity contribution in [3.05, 3.63) is 58.1 Å². The summed E-state index contributed by atoms with van der Waals surface area (Å²) in [4.78, 5) is 12.1. The van der Waals surface area contributed by atoms with E-state index in [9.17, 15) is 13.2 Å². The van der Waals surface area contributed by atoms with Crippen LogP contribution in [0.1, 0.15) is 11.1 Å². The van der Waals surface area contributed by atoms with Gasteiger partial charge in [-0.15, -0.1) is 0 Å². The second-order valence-electron chi connectivity index (χ2n) is 5.40. The fraction of sp³-hybridized carbons (Fsp3) is 0.167. The van der Waals surface area contributed by atoms with Crippen LogP contribution in [0, 0.1) is 6.92 Å². The Morgan fingerprint density at radius 3 is 2.54 bits per heavy atom. The molecule has 0 aromatic heterocycles. The number of benzene rings is 2. The Bertz CT molecular complexity index is 956. The first-order chi connectivity index (χ1) is 12.3. The van der Waals surface area contributed by atoms with Crippen molar-refractivity contribution in [2.45, 2.75) is 11.8 Å². The molecule has 0 radical (unpaired) electrons. The van der Waals surface area contributed by atoms with Crippen molar-refractivity contribution in [2.75, 3.05) is 19.5 Å². The highest BCUT2D eigenvalue weighted by atomic mass is 79.9. The Morgan fingerprint density at radius 1 is 1.19 bits per heavy atom. The Kier molecular flexibility index (Phi) is 6.57. The Hall–Kier alpha value is -2.16. The monoisotopic (exact) mass is 438 g/mol. The molecule has 0 heterocycles. The van der Waals surface area contributed by atoms with Crippen LogP contribution in [0.25, 0.3) is 6.08 Å². The topological polar surface area (TPSA) is 84.5 Å². The molecule has 0 fully saturated rings. The number of sulfonamides is 1. The molecule has 0 aliphatic carbocycles. The first kappa shape index (κ1) is 20.2. The highest BCUT2D eigenvalue weighted by Crippen LogP contribution is 2.25. The van der Waals surface area contributed by atoms with Crippen molar-refractivity contribution < 1.29 is 17.9 Å².